The Balaban J connectivity index is 2.24. The topological polar surface area (TPSA) is 111 Å². The smallest absolute Gasteiger partial charge is 0.305 e. The van der Waals surface area contributed by atoms with E-state index in [0.29, 0.717) is 12.3 Å². The average molecular weight is 298 g/mol. The molecule has 1 atom stereocenters. The molecule has 1 saturated heterocycles. The Morgan fingerprint density at radius 2 is 2.20 bits per heavy atom. The predicted octanol–water partition coefficient (Wildman–Crippen LogP) is 0.113. The van der Waals surface area contributed by atoms with Crippen molar-refractivity contribution in [3.05, 3.63) is 28.0 Å². The highest BCUT2D eigenvalue weighted by Crippen LogP contribution is 2.21. The second-order valence-corrected chi connectivity index (χ2v) is 5.59. The maximum Gasteiger partial charge on any atom is 0.305 e. The number of H-pyrrole nitrogens is 1. The molecule has 20 heavy (non-hydrogen) atoms. The summed E-state index contributed by atoms with van der Waals surface area (Å²) in [7, 11) is 0. The first-order chi connectivity index (χ1) is 9.47. The lowest BCUT2D eigenvalue weighted by atomic mass is 10.1. The van der Waals surface area contributed by atoms with E-state index in [1.165, 1.54) is 11.0 Å². The first-order valence-electron chi connectivity index (χ1n) is 6.01. The van der Waals surface area contributed by atoms with Gasteiger partial charge in [-0.2, -0.15) is 11.8 Å². The molecule has 1 fully saturated rings. The molecule has 1 amide bonds. The largest absolute Gasteiger partial charge is 0.494 e. The van der Waals surface area contributed by atoms with Crippen LogP contribution < -0.4 is 5.56 Å². The number of pyridine rings is 1. The molecule has 0 radical (unpaired) electrons. The van der Waals surface area contributed by atoms with E-state index in [1.807, 2.05) is 0 Å². The van der Waals surface area contributed by atoms with E-state index in [-0.39, 0.29) is 17.9 Å². The zero-order valence-corrected chi connectivity index (χ0v) is 11.4. The summed E-state index contributed by atoms with van der Waals surface area (Å²) in [6.45, 7) is 0.426. The third-order valence-electron chi connectivity index (χ3n) is 2.98. The summed E-state index contributed by atoms with van der Waals surface area (Å²) in [5.41, 5.74) is -0.511. The predicted molar refractivity (Wildman–Crippen MR) is 73.1 cm³/mol. The third-order valence-corrected chi connectivity index (χ3v) is 4.07. The molecule has 1 aliphatic heterocycles. The van der Waals surface area contributed by atoms with Crippen LogP contribution in [-0.4, -0.2) is 56.1 Å². The third kappa shape index (κ3) is 3.32. The van der Waals surface area contributed by atoms with Crippen LogP contribution in [0.3, 0.4) is 0 Å². The summed E-state index contributed by atoms with van der Waals surface area (Å²) in [6, 6.07) is 1.87. The molecule has 0 saturated carbocycles. The van der Waals surface area contributed by atoms with Crippen LogP contribution in [0.1, 0.15) is 16.8 Å². The number of rotatable bonds is 3. The molecule has 0 aliphatic carbocycles. The fraction of sp³-hybridized carbons (Fsp3) is 0.417. The van der Waals surface area contributed by atoms with Crippen molar-refractivity contribution < 1.29 is 19.8 Å². The standard InChI is InChI=1S/C12H14N2O5S/c15-9-3-7(4-10(16)13-9)12(19)14-1-2-20-6-8(14)5-11(17)18/h3-4,8H,1-2,5-6H2,(H,17,18)(H2,13,15,16). The maximum absolute atomic E-state index is 12.4. The number of aromatic amines is 1. The van der Waals surface area contributed by atoms with Gasteiger partial charge in [0.05, 0.1) is 18.0 Å². The Morgan fingerprint density at radius 1 is 1.45 bits per heavy atom. The minimum absolute atomic E-state index is 0.0635. The molecule has 3 N–H and O–H groups in total. The number of carboxylic acid groups (broad SMARTS) is 1. The summed E-state index contributed by atoms with van der Waals surface area (Å²) < 4.78 is 0. The summed E-state index contributed by atoms with van der Waals surface area (Å²) in [5, 5.41) is 18.2. The number of hydrogen-bond acceptors (Lipinski definition) is 5. The monoisotopic (exact) mass is 298 g/mol. The fourth-order valence-corrected chi connectivity index (χ4v) is 3.17. The summed E-state index contributed by atoms with van der Waals surface area (Å²) in [5.74, 6) is -0.520. The van der Waals surface area contributed by atoms with E-state index in [0.717, 1.165) is 11.8 Å². The zero-order chi connectivity index (χ0) is 14.7. The number of hydrogen-bond donors (Lipinski definition) is 3. The van der Waals surface area contributed by atoms with Crippen molar-refractivity contribution in [2.75, 3.05) is 18.1 Å². The second kappa shape index (κ2) is 6.00. The van der Waals surface area contributed by atoms with Gasteiger partial charge in [0.15, 0.2) is 5.88 Å². The molecular formula is C12H14N2O5S. The summed E-state index contributed by atoms with van der Waals surface area (Å²) >= 11 is 1.59. The highest BCUT2D eigenvalue weighted by molar-refractivity contribution is 7.99. The van der Waals surface area contributed by atoms with Gasteiger partial charge < -0.3 is 15.1 Å². The highest BCUT2D eigenvalue weighted by atomic mass is 32.2. The van der Waals surface area contributed by atoms with Crippen LogP contribution in [0.25, 0.3) is 0 Å². The number of nitrogens with zero attached hydrogens (tertiary/aromatic N) is 1. The van der Waals surface area contributed by atoms with Crippen LogP contribution in [0.5, 0.6) is 5.88 Å². The SMILES string of the molecule is O=C(O)CC1CSCCN1C(=O)c1cc(O)[nH]c(=O)c1. The van der Waals surface area contributed by atoms with E-state index in [2.05, 4.69) is 4.98 Å². The Morgan fingerprint density at radius 3 is 2.85 bits per heavy atom. The average Bonchev–Trinajstić information content (AvgIpc) is 2.36. The van der Waals surface area contributed by atoms with Crippen molar-refractivity contribution in [1.29, 1.82) is 0 Å². The van der Waals surface area contributed by atoms with Crippen molar-refractivity contribution in [2.45, 2.75) is 12.5 Å². The van der Waals surface area contributed by atoms with Gasteiger partial charge in [-0.25, -0.2) is 0 Å². The second-order valence-electron chi connectivity index (χ2n) is 4.44. The van der Waals surface area contributed by atoms with Gasteiger partial charge in [0, 0.05) is 30.2 Å². The zero-order valence-electron chi connectivity index (χ0n) is 10.5. The van der Waals surface area contributed by atoms with E-state index < -0.39 is 23.5 Å². The van der Waals surface area contributed by atoms with Crippen molar-refractivity contribution in [1.82, 2.24) is 9.88 Å². The van der Waals surface area contributed by atoms with E-state index in [1.54, 1.807) is 11.8 Å². The highest BCUT2D eigenvalue weighted by Gasteiger charge is 2.29. The fourth-order valence-electron chi connectivity index (χ4n) is 2.11. The number of aliphatic carboxylic acids is 1. The van der Waals surface area contributed by atoms with Crippen molar-refractivity contribution in [3.63, 3.8) is 0 Å². The van der Waals surface area contributed by atoms with Crippen molar-refractivity contribution in [2.24, 2.45) is 0 Å². The van der Waals surface area contributed by atoms with Crippen molar-refractivity contribution >= 4 is 23.6 Å². The molecule has 0 aromatic carbocycles. The van der Waals surface area contributed by atoms with Crippen LogP contribution >= 0.6 is 11.8 Å². The lowest BCUT2D eigenvalue weighted by Crippen LogP contribution is -2.47. The number of nitrogens with one attached hydrogen (secondary N) is 1. The van der Waals surface area contributed by atoms with Gasteiger partial charge in [-0.3, -0.25) is 19.4 Å². The van der Waals surface area contributed by atoms with E-state index in [4.69, 9.17) is 5.11 Å². The molecule has 0 bridgehead atoms. The molecule has 108 valence electrons. The number of carbonyl (C=O) groups is 2. The van der Waals surface area contributed by atoms with Gasteiger partial charge in [0.1, 0.15) is 0 Å². The first-order valence-corrected chi connectivity index (χ1v) is 7.16. The lowest BCUT2D eigenvalue weighted by Gasteiger charge is -2.34. The Hall–Kier alpha value is -1.96. The lowest BCUT2D eigenvalue weighted by molar-refractivity contribution is -0.138. The molecule has 8 heteroatoms. The summed E-state index contributed by atoms with van der Waals surface area (Å²) in [4.78, 5) is 38.1. The molecular weight excluding hydrogens is 284 g/mol. The van der Waals surface area contributed by atoms with E-state index >= 15 is 0 Å². The molecule has 1 aromatic heterocycles. The number of carboxylic acids is 1. The van der Waals surface area contributed by atoms with Crippen molar-refractivity contribution in [3.8, 4) is 5.88 Å². The number of carbonyl (C=O) groups excluding carboxylic acids is 1. The van der Waals surface area contributed by atoms with Crippen LogP contribution in [0.2, 0.25) is 0 Å². The summed E-state index contributed by atoms with van der Waals surface area (Å²) in [6.07, 6.45) is -0.131. The number of aromatic nitrogens is 1. The Kier molecular flexibility index (Phi) is 4.33. The molecule has 1 aliphatic rings. The molecule has 0 spiro atoms. The molecule has 1 unspecified atom stereocenters. The normalized spacial score (nSPS) is 18.8. The first kappa shape index (κ1) is 14.4. The van der Waals surface area contributed by atoms with Gasteiger partial charge in [0.25, 0.3) is 11.5 Å². The molecule has 1 aromatic rings. The number of aromatic hydroxyl groups is 1. The quantitative estimate of drug-likeness (QED) is 0.730. The van der Waals surface area contributed by atoms with Gasteiger partial charge in [-0.05, 0) is 0 Å². The van der Waals surface area contributed by atoms with E-state index in [9.17, 15) is 19.5 Å². The van der Waals surface area contributed by atoms with Crippen LogP contribution in [0.15, 0.2) is 16.9 Å². The number of thioether (sulfide) groups is 1. The number of amides is 1. The van der Waals surface area contributed by atoms with Gasteiger partial charge >= 0.3 is 5.97 Å². The Labute approximate surface area is 118 Å². The van der Waals surface area contributed by atoms with Gasteiger partial charge in [-0.15, -0.1) is 0 Å². The molecule has 2 rings (SSSR count). The van der Waals surface area contributed by atoms with Crippen LogP contribution in [-0.2, 0) is 4.79 Å². The minimum Gasteiger partial charge on any atom is -0.494 e. The molecule has 2 heterocycles. The Bertz CT molecular complexity index is 585. The maximum atomic E-state index is 12.4. The minimum atomic E-state index is -0.968. The van der Waals surface area contributed by atoms with Gasteiger partial charge in [-0.1, -0.05) is 0 Å². The van der Waals surface area contributed by atoms with Crippen LogP contribution in [0.4, 0.5) is 0 Å². The van der Waals surface area contributed by atoms with Gasteiger partial charge in [0.2, 0.25) is 0 Å². The molecule has 7 nitrogen and oxygen atoms in total. The van der Waals surface area contributed by atoms with Crippen LogP contribution in [0, 0.1) is 0 Å².